The van der Waals surface area contributed by atoms with E-state index in [1.165, 1.54) is 4.90 Å². The Hall–Kier alpha value is -2.70. The fraction of sp³-hybridized carbons (Fsp3) is 0.250. The lowest BCUT2D eigenvalue weighted by Crippen LogP contribution is -3.24. The largest absolute Gasteiger partial charge is 0.359 e. The number of aromatic nitrogens is 2. The van der Waals surface area contributed by atoms with Gasteiger partial charge in [-0.25, -0.2) is 15.6 Å². The maximum absolute atomic E-state index is 6.22. The van der Waals surface area contributed by atoms with Gasteiger partial charge in [-0.05, 0) is 24.6 Å². The minimum absolute atomic E-state index is 0.553. The van der Waals surface area contributed by atoms with Gasteiger partial charge in [0.15, 0.2) is 13.3 Å². The van der Waals surface area contributed by atoms with Gasteiger partial charge in [0.05, 0.1) is 17.8 Å². The van der Waals surface area contributed by atoms with Crippen LogP contribution >= 0.6 is 11.6 Å². The average Bonchev–Trinajstić information content (AvgIpc) is 2.70. The predicted molar refractivity (Wildman–Crippen MR) is 109 cm³/mol. The number of nitrogens with zero attached hydrogens (tertiary/aromatic N) is 2. The number of fused-ring (bicyclic) bond motifs is 1. The Morgan fingerprint density at radius 1 is 1.19 bits per heavy atom. The molecular weight excluding hydrogens is 360 g/mol. The Morgan fingerprint density at radius 3 is 2.78 bits per heavy atom. The van der Waals surface area contributed by atoms with Crippen molar-refractivity contribution in [1.82, 2.24) is 15.3 Å². The number of rotatable bonds is 4. The smallest absolute Gasteiger partial charge is 0.277 e. The fourth-order valence-corrected chi connectivity index (χ4v) is 3.43. The molecule has 6 nitrogen and oxygen atoms in total. The maximum Gasteiger partial charge on any atom is 0.359 e. The van der Waals surface area contributed by atoms with Gasteiger partial charge in [0, 0.05) is 16.0 Å². The first-order chi connectivity index (χ1) is 13.2. The van der Waals surface area contributed by atoms with Crippen molar-refractivity contribution in [2.24, 2.45) is 0 Å². The van der Waals surface area contributed by atoms with Gasteiger partial charge in [-0.3, -0.25) is 4.90 Å². The zero-order valence-electron chi connectivity index (χ0n) is 15.2. The van der Waals surface area contributed by atoms with E-state index >= 15 is 0 Å². The van der Waals surface area contributed by atoms with E-state index in [0.717, 1.165) is 54.4 Å². The number of nitrogens with one attached hydrogen (secondary N) is 4. The second-order valence-electron chi connectivity index (χ2n) is 6.63. The molecule has 0 fully saturated rings. The highest BCUT2D eigenvalue weighted by atomic mass is 35.5. The molecule has 0 saturated heterocycles. The topological polar surface area (TPSA) is 68.2 Å². The van der Waals surface area contributed by atoms with Crippen LogP contribution in [0.4, 0.5) is 5.95 Å². The van der Waals surface area contributed by atoms with E-state index < -0.39 is 0 Å². The second-order valence-corrected chi connectivity index (χ2v) is 7.07. The highest BCUT2D eigenvalue weighted by Gasteiger charge is 2.21. The molecule has 1 aromatic heterocycles. The number of anilines is 1. The highest BCUT2D eigenvalue weighted by molar-refractivity contribution is 6.31. The summed E-state index contributed by atoms with van der Waals surface area (Å²) in [6.45, 7) is 5.08. The molecule has 3 aromatic rings. The molecule has 0 spiro atoms. The van der Waals surface area contributed by atoms with Crippen molar-refractivity contribution < 1.29 is 9.89 Å². The van der Waals surface area contributed by atoms with Gasteiger partial charge in [0.1, 0.15) is 0 Å². The van der Waals surface area contributed by atoms with Crippen LogP contribution in [-0.2, 0) is 0 Å². The monoisotopic (exact) mass is 382 g/mol. The van der Waals surface area contributed by atoms with Crippen LogP contribution in [0.3, 0.4) is 0 Å². The van der Waals surface area contributed by atoms with Crippen LogP contribution in [0.2, 0.25) is 5.02 Å². The summed E-state index contributed by atoms with van der Waals surface area (Å²) in [4.78, 5) is 14.3. The highest BCUT2D eigenvalue weighted by Crippen LogP contribution is 2.29. The van der Waals surface area contributed by atoms with Gasteiger partial charge in [-0.1, -0.05) is 48.9 Å². The number of hydrogen-bond donors (Lipinski definition) is 4. The minimum atomic E-state index is 0.553. The molecule has 7 heteroatoms. The van der Waals surface area contributed by atoms with Crippen molar-refractivity contribution in [2.75, 3.05) is 25.2 Å². The molecule has 2 aromatic carbocycles. The Morgan fingerprint density at radius 2 is 2.04 bits per heavy atom. The molecule has 0 radical (unpaired) electrons. The van der Waals surface area contributed by atoms with Crippen LogP contribution < -0.4 is 20.5 Å². The Kier molecular flexibility index (Phi) is 5.18. The molecule has 0 amide bonds. The lowest BCUT2D eigenvalue weighted by molar-refractivity contribution is -0.980. The molecule has 4 N–H and O–H groups in total. The Labute approximate surface area is 163 Å². The van der Waals surface area contributed by atoms with E-state index in [-0.39, 0.29) is 0 Å². The van der Waals surface area contributed by atoms with E-state index in [4.69, 9.17) is 16.6 Å². The van der Waals surface area contributed by atoms with E-state index in [2.05, 4.69) is 27.5 Å². The first-order valence-corrected chi connectivity index (χ1v) is 9.58. The second kappa shape index (κ2) is 7.90. The predicted octanol–water partition coefficient (Wildman–Crippen LogP) is 0.612. The molecule has 0 aliphatic carbocycles. The molecule has 27 heavy (non-hydrogen) atoms. The van der Waals surface area contributed by atoms with Crippen molar-refractivity contribution in [3.63, 3.8) is 0 Å². The summed E-state index contributed by atoms with van der Waals surface area (Å²) >= 11 is 6.22. The van der Waals surface area contributed by atoms with Gasteiger partial charge >= 0.3 is 5.96 Å². The average molecular weight is 383 g/mol. The lowest BCUT2D eigenvalue weighted by Gasteiger charge is -2.19. The van der Waals surface area contributed by atoms with Crippen LogP contribution in [0, 0.1) is 0 Å². The minimum Gasteiger partial charge on any atom is -0.277 e. The van der Waals surface area contributed by atoms with Gasteiger partial charge in [-0.2, -0.15) is 9.97 Å². The summed E-state index contributed by atoms with van der Waals surface area (Å²) < 4.78 is 0. The molecule has 1 unspecified atom stereocenters. The first-order valence-electron chi connectivity index (χ1n) is 9.21. The number of quaternary nitrogens is 1. The summed E-state index contributed by atoms with van der Waals surface area (Å²) in [6, 6.07) is 15.8. The van der Waals surface area contributed by atoms with Gasteiger partial charge < -0.3 is 0 Å². The molecule has 1 atom stereocenters. The van der Waals surface area contributed by atoms with Gasteiger partial charge in [0.25, 0.3) is 5.95 Å². The van der Waals surface area contributed by atoms with Crippen molar-refractivity contribution >= 4 is 34.4 Å². The van der Waals surface area contributed by atoms with Crippen LogP contribution in [0.1, 0.15) is 13.3 Å². The molecular formula is C20H23ClN6+2. The van der Waals surface area contributed by atoms with Crippen LogP contribution in [0.25, 0.3) is 22.2 Å². The molecule has 4 rings (SSSR count). The summed E-state index contributed by atoms with van der Waals surface area (Å²) in [5.74, 6) is 1.39. The summed E-state index contributed by atoms with van der Waals surface area (Å²) in [7, 11) is 0. The zero-order chi connectivity index (χ0) is 18.6. The molecule has 2 heterocycles. The fourth-order valence-electron chi connectivity index (χ4n) is 3.25. The molecule has 0 saturated carbocycles. The van der Waals surface area contributed by atoms with Crippen LogP contribution in [-0.4, -0.2) is 35.8 Å². The molecule has 1 aliphatic rings. The molecule has 138 valence electrons. The normalized spacial score (nSPS) is 16.7. The summed E-state index contributed by atoms with van der Waals surface area (Å²) in [6.07, 6.45) is 1.16. The van der Waals surface area contributed by atoms with E-state index in [9.17, 15) is 0 Å². The number of hydrogen-bond acceptors (Lipinski definition) is 4. The summed E-state index contributed by atoms with van der Waals surface area (Å²) in [5.41, 5.74) is 2.74. The van der Waals surface area contributed by atoms with Gasteiger partial charge in [-0.15, -0.1) is 0 Å². The zero-order valence-corrected chi connectivity index (χ0v) is 16.0. The summed E-state index contributed by atoms with van der Waals surface area (Å²) in [5, 5.41) is 8.27. The van der Waals surface area contributed by atoms with E-state index in [1.807, 2.05) is 48.5 Å². The van der Waals surface area contributed by atoms with Gasteiger partial charge in [0.2, 0.25) is 0 Å². The third kappa shape index (κ3) is 4.02. The first kappa shape index (κ1) is 17.7. The van der Waals surface area contributed by atoms with Crippen molar-refractivity contribution in [2.45, 2.75) is 13.3 Å². The third-order valence-corrected chi connectivity index (χ3v) is 4.81. The van der Waals surface area contributed by atoms with Crippen molar-refractivity contribution in [3.05, 3.63) is 53.6 Å². The number of guanidine groups is 1. The molecule has 0 bridgehead atoms. The van der Waals surface area contributed by atoms with Crippen LogP contribution in [0.15, 0.2) is 48.5 Å². The quantitative estimate of drug-likeness (QED) is 0.534. The maximum atomic E-state index is 6.22. The number of benzene rings is 2. The third-order valence-electron chi connectivity index (χ3n) is 4.58. The van der Waals surface area contributed by atoms with E-state index in [0.29, 0.717) is 11.0 Å². The van der Waals surface area contributed by atoms with Crippen molar-refractivity contribution in [1.29, 1.82) is 0 Å². The Bertz CT molecular complexity index is 973. The Balaban J connectivity index is 1.69. The standard InChI is InChI=1S/C20H21ClN6/c1-2-10-27-12-22-19(23-13-27)26-20-24-17-9-8-15(21)11-16(17)18(25-20)14-6-4-3-5-7-14/h3-9,11H,2,10,12-13H2,1H3,(H2,22,23,24,25,26)/p+2. The van der Waals surface area contributed by atoms with E-state index in [1.54, 1.807) is 0 Å². The SMILES string of the molecule is CCC[NH+]1CNC(Nc2nc(-c3ccccc3)c3cc(Cl)ccc3n2)=[NH+]C1. The molecule has 1 aliphatic heterocycles. The number of halogens is 1. The van der Waals surface area contributed by atoms with Crippen molar-refractivity contribution in [3.8, 4) is 11.3 Å². The lowest BCUT2D eigenvalue weighted by atomic mass is 10.1. The van der Waals surface area contributed by atoms with Crippen LogP contribution in [0.5, 0.6) is 0 Å².